The van der Waals surface area contributed by atoms with Crippen LogP contribution < -0.4 is 5.32 Å². The van der Waals surface area contributed by atoms with Crippen molar-refractivity contribution < 1.29 is 9.90 Å². The molecule has 2 N–H and O–H groups in total. The minimum atomic E-state index is -0.224. The molecular weight excluding hydrogens is 318 g/mol. The van der Waals surface area contributed by atoms with Crippen LogP contribution in [0.1, 0.15) is 40.5 Å². The first-order chi connectivity index (χ1) is 12.1. The quantitative estimate of drug-likeness (QED) is 0.844. The fourth-order valence-corrected chi connectivity index (χ4v) is 3.24. The van der Waals surface area contributed by atoms with E-state index in [1.54, 1.807) is 0 Å². The lowest BCUT2D eigenvalue weighted by molar-refractivity contribution is 0.0936. The standard InChI is InChI=1S/C18H25N5O2/c1-13-5-3-4-6-15(13)18(25)19-14(2)17-21-20-16-7-8-22(11-12-24)9-10-23(16)17/h3-6,14,24H,7-12H2,1-2H3,(H,19,25). The highest BCUT2D eigenvalue weighted by Gasteiger charge is 2.23. The molecule has 0 aliphatic carbocycles. The summed E-state index contributed by atoms with van der Waals surface area (Å²) < 4.78 is 2.10. The van der Waals surface area contributed by atoms with Crippen molar-refractivity contribution in [2.24, 2.45) is 0 Å². The Labute approximate surface area is 147 Å². The van der Waals surface area contributed by atoms with Gasteiger partial charge in [-0.1, -0.05) is 18.2 Å². The van der Waals surface area contributed by atoms with Crippen molar-refractivity contribution >= 4 is 5.91 Å². The number of hydrogen-bond acceptors (Lipinski definition) is 5. The molecule has 1 aromatic carbocycles. The molecule has 1 unspecified atom stereocenters. The Morgan fingerprint density at radius 2 is 2.08 bits per heavy atom. The van der Waals surface area contributed by atoms with E-state index in [0.29, 0.717) is 12.1 Å². The molecular formula is C18H25N5O2. The first kappa shape index (κ1) is 17.6. The summed E-state index contributed by atoms with van der Waals surface area (Å²) in [5.74, 6) is 1.62. The van der Waals surface area contributed by atoms with Crippen LogP contribution in [-0.4, -0.2) is 56.9 Å². The predicted molar refractivity (Wildman–Crippen MR) is 94.3 cm³/mol. The summed E-state index contributed by atoms with van der Waals surface area (Å²) in [6.45, 7) is 7.17. The van der Waals surface area contributed by atoms with Crippen LogP contribution in [0.3, 0.4) is 0 Å². The van der Waals surface area contributed by atoms with Gasteiger partial charge in [-0.2, -0.15) is 0 Å². The Kier molecular flexibility index (Phi) is 5.45. The molecule has 0 radical (unpaired) electrons. The molecule has 134 valence electrons. The van der Waals surface area contributed by atoms with Crippen molar-refractivity contribution in [1.82, 2.24) is 25.0 Å². The molecule has 0 bridgehead atoms. The van der Waals surface area contributed by atoms with Crippen LogP contribution in [0.25, 0.3) is 0 Å². The Morgan fingerprint density at radius 3 is 2.84 bits per heavy atom. The number of hydrogen-bond donors (Lipinski definition) is 2. The minimum absolute atomic E-state index is 0.0986. The topological polar surface area (TPSA) is 83.3 Å². The monoisotopic (exact) mass is 343 g/mol. The van der Waals surface area contributed by atoms with Crippen molar-refractivity contribution in [3.05, 3.63) is 47.0 Å². The fraction of sp³-hybridized carbons (Fsp3) is 0.500. The number of β-amino-alcohol motifs (C(OH)–C–C–N with tert-alkyl or cyclic N) is 1. The number of aromatic nitrogens is 3. The lowest BCUT2D eigenvalue weighted by Gasteiger charge is -2.19. The molecule has 2 aromatic rings. The van der Waals surface area contributed by atoms with Crippen LogP contribution in [-0.2, 0) is 13.0 Å². The van der Waals surface area contributed by atoms with E-state index in [1.807, 2.05) is 38.1 Å². The van der Waals surface area contributed by atoms with Crippen LogP contribution in [0.2, 0.25) is 0 Å². The van der Waals surface area contributed by atoms with Crippen molar-refractivity contribution in [1.29, 1.82) is 0 Å². The van der Waals surface area contributed by atoms with Gasteiger partial charge < -0.3 is 15.0 Å². The number of aliphatic hydroxyl groups excluding tert-OH is 1. The average Bonchev–Trinajstić information content (AvgIpc) is 2.90. The third-order valence-corrected chi connectivity index (χ3v) is 4.69. The third-order valence-electron chi connectivity index (χ3n) is 4.69. The molecule has 7 nitrogen and oxygen atoms in total. The molecule has 0 saturated carbocycles. The molecule has 7 heteroatoms. The molecule has 1 aliphatic rings. The molecule has 2 heterocycles. The molecule has 1 atom stereocenters. The second-order valence-corrected chi connectivity index (χ2v) is 6.45. The summed E-state index contributed by atoms with van der Waals surface area (Å²) in [6.07, 6.45) is 0.797. The molecule has 3 rings (SSSR count). The second kappa shape index (κ2) is 7.76. The first-order valence-corrected chi connectivity index (χ1v) is 8.72. The number of rotatable bonds is 5. The highest BCUT2D eigenvalue weighted by molar-refractivity contribution is 5.95. The first-order valence-electron chi connectivity index (χ1n) is 8.72. The normalized spacial score (nSPS) is 16.1. The maximum atomic E-state index is 12.5. The lowest BCUT2D eigenvalue weighted by atomic mass is 10.1. The highest BCUT2D eigenvalue weighted by Crippen LogP contribution is 2.16. The van der Waals surface area contributed by atoms with Gasteiger partial charge in [-0.05, 0) is 25.5 Å². The molecule has 1 amide bonds. The zero-order valence-corrected chi connectivity index (χ0v) is 14.8. The summed E-state index contributed by atoms with van der Waals surface area (Å²) in [5, 5.41) is 20.8. The Balaban J connectivity index is 1.72. The number of nitrogens with zero attached hydrogens (tertiary/aromatic N) is 4. The van der Waals surface area contributed by atoms with Gasteiger partial charge >= 0.3 is 0 Å². The SMILES string of the molecule is Cc1ccccc1C(=O)NC(C)c1nnc2n1CCN(CCO)CC2. The number of fused-ring (bicyclic) bond motifs is 1. The van der Waals surface area contributed by atoms with E-state index < -0.39 is 0 Å². The van der Waals surface area contributed by atoms with Crippen molar-refractivity contribution in [3.63, 3.8) is 0 Å². The highest BCUT2D eigenvalue weighted by atomic mass is 16.3. The number of carbonyl (C=O) groups excluding carboxylic acids is 1. The Morgan fingerprint density at radius 1 is 1.28 bits per heavy atom. The van der Waals surface area contributed by atoms with E-state index in [1.165, 1.54) is 0 Å². The maximum Gasteiger partial charge on any atom is 0.252 e. The lowest BCUT2D eigenvalue weighted by Crippen LogP contribution is -2.31. The van der Waals surface area contributed by atoms with Crippen LogP contribution in [0.15, 0.2) is 24.3 Å². The summed E-state index contributed by atoms with van der Waals surface area (Å²) >= 11 is 0. The van der Waals surface area contributed by atoms with Gasteiger partial charge in [-0.25, -0.2) is 0 Å². The van der Waals surface area contributed by atoms with Crippen molar-refractivity contribution in [2.45, 2.75) is 32.9 Å². The number of benzene rings is 1. The van der Waals surface area contributed by atoms with Gasteiger partial charge in [0, 0.05) is 38.2 Å². The third kappa shape index (κ3) is 3.88. The summed E-state index contributed by atoms with van der Waals surface area (Å²) in [5.41, 5.74) is 1.63. The molecule has 0 fully saturated rings. The molecule has 0 spiro atoms. The van der Waals surface area contributed by atoms with Gasteiger partial charge in [0.25, 0.3) is 5.91 Å². The van der Waals surface area contributed by atoms with Crippen molar-refractivity contribution in [2.75, 3.05) is 26.2 Å². The van der Waals surface area contributed by atoms with E-state index in [-0.39, 0.29) is 18.6 Å². The van der Waals surface area contributed by atoms with Crippen molar-refractivity contribution in [3.8, 4) is 0 Å². The summed E-state index contributed by atoms with van der Waals surface area (Å²) in [7, 11) is 0. The van der Waals surface area contributed by atoms with E-state index in [9.17, 15) is 4.79 Å². The number of amides is 1. The number of nitrogens with one attached hydrogen (secondary N) is 1. The van der Waals surface area contributed by atoms with E-state index in [2.05, 4.69) is 25.0 Å². The number of carbonyl (C=O) groups is 1. The predicted octanol–water partition coefficient (Wildman–Crippen LogP) is 0.928. The maximum absolute atomic E-state index is 12.5. The van der Waals surface area contributed by atoms with E-state index in [4.69, 9.17) is 5.11 Å². The van der Waals surface area contributed by atoms with Gasteiger partial charge in [-0.3, -0.25) is 9.69 Å². The zero-order chi connectivity index (χ0) is 17.8. The molecule has 0 saturated heterocycles. The van der Waals surface area contributed by atoms with Crippen LogP contribution in [0.5, 0.6) is 0 Å². The van der Waals surface area contributed by atoms with Crippen LogP contribution >= 0.6 is 0 Å². The minimum Gasteiger partial charge on any atom is -0.395 e. The second-order valence-electron chi connectivity index (χ2n) is 6.45. The molecule has 1 aromatic heterocycles. The fourth-order valence-electron chi connectivity index (χ4n) is 3.24. The van der Waals surface area contributed by atoms with E-state index in [0.717, 1.165) is 43.3 Å². The summed E-state index contributed by atoms with van der Waals surface area (Å²) in [6, 6.07) is 7.32. The Bertz CT molecular complexity index is 743. The van der Waals surface area contributed by atoms with Gasteiger partial charge in [-0.15, -0.1) is 10.2 Å². The van der Waals surface area contributed by atoms with Crippen LogP contribution in [0, 0.1) is 6.92 Å². The largest absolute Gasteiger partial charge is 0.395 e. The number of aliphatic hydroxyl groups is 1. The number of aryl methyl sites for hydroxylation is 1. The van der Waals surface area contributed by atoms with Gasteiger partial charge in [0.2, 0.25) is 0 Å². The zero-order valence-electron chi connectivity index (χ0n) is 14.8. The van der Waals surface area contributed by atoms with Gasteiger partial charge in [0.15, 0.2) is 5.82 Å². The average molecular weight is 343 g/mol. The van der Waals surface area contributed by atoms with Crippen LogP contribution in [0.4, 0.5) is 0 Å². The smallest absolute Gasteiger partial charge is 0.252 e. The molecule has 25 heavy (non-hydrogen) atoms. The summed E-state index contributed by atoms with van der Waals surface area (Å²) in [4.78, 5) is 14.8. The van der Waals surface area contributed by atoms with Gasteiger partial charge in [0.1, 0.15) is 5.82 Å². The Hall–Kier alpha value is -2.25. The van der Waals surface area contributed by atoms with E-state index >= 15 is 0 Å². The molecule has 1 aliphatic heterocycles. The van der Waals surface area contributed by atoms with Gasteiger partial charge in [0.05, 0.1) is 12.6 Å².